The molecule has 0 atom stereocenters. The first-order valence-corrected chi connectivity index (χ1v) is 32.7. The Kier molecular flexibility index (Phi) is 16.0. The summed E-state index contributed by atoms with van der Waals surface area (Å²) in [5.41, 5.74) is 25.9. The van der Waals surface area contributed by atoms with E-state index in [-0.39, 0.29) is 23.8 Å². The summed E-state index contributed by atoms with van der Waals surface area (Å²) in [5.74, 6) is 0.527. The molecule has 92 heavy (non-hydrogen) atoms. The van der Waals surface area contributed by atoms with Crippen LogP contribution in [0, 0.1) is 20.8 Å². The summed E-state index contributed by atoms with van der Waals surface area (Å²) in [7, 11) is 5.79. The Labute approximate surface area is 536 Å². The minimum Gasteiger partial charge on any atom is -0.337 e. The molecule has 0 aromatic carbocycles. The van der Waals surface area contributed by atoms with Crippen molar-refractivity contribution in [3.63, 3.8) is 0 Å². The standard InChI is InChI=1S/C24H26N6O.C24H28N6O.C23H26N6O/c1-15-20-13-29(26-15)9-3-4-24(31)30(17-5-6-17)14-23-21(12-28(2)27-23)16-10-19-18(20)7-8-22(19)25-11-16;1-15(2)30-14-23-21(12-28(4)27-23)17-10-19-18(7-8-22(19)25-11-17)20-13-29(26-16(20)3)9-5-6-24(30)31;1-4-28-14-22-20(12-27(3)26-22)16-10-18-17(7-8-21(18)24-11-16)19-13-29(25-15(19)2)9-5-6-23(28)30/h7,10-13,17H,3-6,8-9,14H2,1-2H3;7,10-13,15H,5-6,8-9,14H2,1-4H3;7,10-13H,4-6,8-9,14H2,1-3H3. The third-order valence-electron chi connectivity index (χ3n) is 18.9. The fraction of sp³-hybridized carbons (Fsp3) is 0.408. The Balaban J connectivity index is 0.000000120. The predicted molar refractivity (Wildman–Crippen MR) is 351 cm³/mol. The number of hydrogen-bond donors (Lipinski definition) is 0. The first-order chi connectivity index (χ1) is 44.5. The van der Waals surface area contributed by atoms with Crippen LogP contribution in [0.1, 0.15) is 157 Å². The number of aromatic nitrogens is 15. The normalized spacial score (nSPS) is 17.0. The Bertz CT molecular complexity index is 4310. The maximum atomic E-state index is 13.1. The van der Waals surface area contributed by atoms with Crippen molar-refractivity contribution in [3.8, 4) is 33.4 Å². The van der Waals surface area contributed by atoms with Gasteiger partial charge in [0.1, 0.15) is 0 Å². The van der Waals surface area contributed by atoms with Gasteiger partial charge in [-0.1, -0.05) is 18.2 Å². The highest BCUT2D eigenvalue weighted by Gasteiger charge is 2.35. The molecule has 12 heterocycles. The average molecular weight is 1230 g/mol. The molecule has 1 fully saturated rings. The highest BCUT2D eigenvalue weighted by Crippen LogP contribution is 2.41. The van der Waals surface area contributed by atoms with E-state index < -0.39 is 0 Å². The van der Waals surface area contributed by atoms with E-state index in [1.807, 2.05) is 115 Å². The van der Waals surface area contributed by atoms with Gasteiger partial charge in [0.05, 0.1) is 70.9 Å². The van der Waals surface area contributed by atoms with Crippen molar-refractivity contribution in [2.75, 3.05) is 6.54 Å². The second-order valence-electron chi connectivity index (χ2n) is 25.9. The Hall–Kier alpha value is -9.66. The molecule has 7 aliphatic rings. The summed E-state index contributed by atoms with van der Waals surface area (Å²) in [5, 5.41) is 28.3. The predicted octanol–water partition coefficient (Wildman–Crippen LogP) is 9.88. The molecule has 1 saturated carbocycles. The molecule has 0 N–H and O–H groups in total. The van der Waals surface area contributed by atoms with E-state index in [9.17, 15) is 14.4 Å². The zero-order valence-electron chi connectivity index (χ0n) is 54.3. The van der Waals surface area contributed by atoms with Crippen LogP contribution in [0.5, 0.6) is 0 Å². The molecule has 9 aromatic rings. The van der Waals surface area contributed by atoms with Crippen molar-refractivity contribution in [1.82, 2.24) is 88.3 Å². The third-order valence-corrected chi connectivity index (χ3v) is 18.9. The first kappa shape index (κ1) is 59.9. The first-order valence-electron chi connectivity index (χ1n) is 32.7. The van der Waals surface area contributed by atoms with Gasteiger partial charge in [0.2, 0.25) is 17.7 Å². The fourth-order valence-corrected chi connectivity index (χ4v) is 14.0. The SMILES string of the molecule is CCN1Cc2nn(C)cc2-c2cnc3c(c2)C(=CC3)c2cn(nc2C)CCCC1=O.Cc1nn2cc1C1=CCc3ncc(cc31)-c1cn(C)nc1CN(C(C)C)C(=O)CCC2.Cc1nn2cc1C1=CCc3ncc(cc31)-c1cn(C)nc1CN(C1CC1)C(=O)CCC2. The van der Waals surface area contributed by atoms with Gasteiger partial charge >= 0.3 is 0 Å². The van der Waals surface area contributed by atoms with E-state index >= 15 is 0 Å². The molecule has 0 spiro atoms. The monoisotopic (exact) mass is 1230 g/mol. The molecule has 3 aliphatic heterocycles. The number of aryl methyl sites for hydroxylation is 9. The van der Waals surface area contributed by atoms with Gasteiger partial charge in [-0.2, -0.15) is 30.6 Å². The fourth-order valence-electron chi connectivity index (χ4n) is 14.0. The summed E-state index contributed by atoms with van der Waals surface area (Å²) in [6.45, 7) is 16.7. The second kappa shape index (κ2) is 24.5. The van der Waals surface area contributed by atoms with E-state index in [2.05, 4.69) is 87.8 Å². The zero-order valence-corrected chi connectivity index (χ0v) is 54.3. The van der Waals surface area contributed by atoms with E-state index in [1.165, 1.54) is 33.4 Å². The molecule has 0 radical (unpaired) electrons. The second-order valence-corrected chi connectivity index (χ2v) is 25.9. The van der Waals surface area contributed by atoms with Crippen molar-refractivity contribution in [2.24, 2.45) is 21.1 Å². The smallest absolute Gasteiger partial charge is 0.223 e. The number of pyridine rings is 3. The van der Waals surface area contributed by atoms with Gasteiger partial charge in [-0.25, -0.2) is 0 Å². The largest absolute Gasteiger partial charge is 0.337 e. The van der Waals surface area contributed by atoms with Crippen LogP contribution in [-0.2, 0) is 94.1 Å². The van der Waals surface area contributed by atoms with E-state index in [0.717, 1.165) is 172 Å². The molecular weight excluding hydrogens is 1150 g/mol. The number of allylic oxidation sites excluding steroid dienone is 3. The molecule has 12 bridgehead atoms. The summed E-state index contributed by atoms with van der Waals surface area (Å²) in [6, 6.07) is 7.13. The topological polar surface area (TPSA) is 207 Å². The zero-order chi connectivity index (χ0) is 63.6. The minimum absolute atomic E-state index is 0.101. The highest BCUT2D eigenvalue weighted by molar-refractivity contribution is 5.89. The van der Waals surface area contributed by atoms with Crippen LogP contribution in [0.25, 0.3) is 50.1 Å². The Morgan fingerprint density at radius 2 is 0.826 bits per heavy atom. The molecule has 21 heteroatoms. The molecule has 9 aromatic heterocycles. The van der Waals surface area contributed by atoms with Crippen LogP contribution in [0.3, 0.4) is 0 Å². The van der Waals surface area contributed by atoms with Crippen molar-refractivity contribution in [3.05, 3.63) is 177 Å². The summed E-state index contributed by atoms with van der Waals surface area (Å²) < 4.78 is 11.4. The number of carbonyl (C=O) groups is 3. The lowest BCUT2D eigenvalue weighted by atomic mass is 9.98. The maximum absolute atomic E-state index is 13.1. The highest BCUT2D eigenvalue weighted by atomic mass is 16.2. The van der Waals surface area contributed by atoms with Gasteiger partial charge in [0.15, 0.2) is 0 Å². The van der Waals surface area contributed by atoms with E-state index in [0.29, 0.717) is 51.5 Å². The molecule has 4 aliphatic carbocycles. The quantitative estimate of drug-likeness (QED) is 0.162. The summed E-state index contributed by atoms with van der Waals surface area (Å²) >= 11 is 0. The lowest BCUT2D eigenvalue weighted by Crippen LogP contribution is -2.36. The van der Waals surface area contributed by atoms with Gasteiger partial charge in [-0.3, -0.25) is 57.4 Å². The number of amides is 3. The van der Waals surface area contributed by atoms with Crippen molar-refractivity contribution in [2.45, 2.75) is 164 Å². The number of fused-ring (bicyclic) bond motifs is 18. The number of carbonyl (C=O) groups excluding carboxylic acids is 3. The number of nitrogens with zero attached hydrogens (tertiary/aromatic N) is 18. The van der Waals surface area contributed by atoms with Crippen molar-refractivity contribution in [1.29, 1.82) is 0 Å². The van der Waals surface area contributed by atoms with Crippen LogP contribution in [0.15, 0.2) is 92.2 Å². The molecule has 0 saturated heterocycles. The molecule has 21 nitrogen and oxygen atoms in total. The van der Waals surface area contributed by atoms with Gasteiger partial charge in [0, 0.05) is 220 Å². The van der Waals surface area contributed by atoms with Gasteiger partial charge in [-0.05, 0) is 109 Å². The lowest BCUT2D eigenvalue weighted by Gasteiger charge is -2.26. The molecular formula is C71H80N18O3. The average Bonchev–Trinajstić information content (AvgIpc) is 1.63. The van der Waals surface area contributed by atoms with Crippen LogP contribution in [0.4, 0.5) is 0 Å². The maximum Gasteiger partial charge on any atom is 0.223 e. The molecule has 3 amide bonds. The van der Waals surface area contributed by atoms with Gasteiger partial charge in [-0.15, -0.1) is 0 Å². The van der Waals surface area contributed by atoms with Gasteiger partial charge in [0.25, 0.3) is 0 Å². The lowest BCUT2D eigenvalue weighted by molar-refractivity contribution is -0.134. The molecule has 16 rings (SSSR count). The van der Waals surface area contributed by atoms with Crippen LogP contribution < -0.4 is 0 Å². The number of hydrogen-bond acceptors (Lipinski definition) is 12. The molecule has 472 valence electrons. The van der Waals surface area contributed by atoms with Crippen molar-refractivity contribution < 1.29 is 14.4 Å². The minimum atomic E-state index is 0.101. The molecule has 0 unspecified atom stereocenters. The van der Waals surface area contributed by atoms with E-state index in [1.54, 1.807) is 0 Å². The van der Waals surface area contributed by atoms with Crippen molar-refractivity contribution >= 4 is 34.4 Å². The van der Waals surface area contributed by atoms with Crippen LogP contribution >= 0.6 is 0 Å². The summed E-state index contributed by atoms with van der Waals surface area (Å²) in [4.78, 5) is 59.2. The number of rotatable bonds is 3. The van der Waals surface area contributed by atoms with E-state index in [4.69, 9.17) is 40.4 Å². The Morgan fingerprint density at radius 1 is 0.446 bits per heavy atom. The third kappa shape index (κ3) is 11.8. The van der Waals surface area contributed by atoms with Gasteiger partial charge < -0.3 is 14.7 Å². The van der Waals surface area contributed by atoms with Crippen LogP contribution in [0.2, 0.25) is 0 Å². The van der Waals surface area contributed by atoms with Crippen LogP contribution in [-0.4, -0.2) is 125 Å². The summed E-state index contributed by atoms with van der Waals surface area (Å²) in [6.07, 6.45) is 33.6. The Morgan fingerprint density at radius 3 is 1.22 bits per heavy atom.